The first kappa shape index (κ1) is 40.5. The Labute approximate surface area is 283 Å². The number of aromatic nitrogens is 2. The molecule has 1 aromatic heterocycles. The number of halogens is 2. The Balaban J connectivity index is 0.00000113. The third-order valence-electron chi connectivity index (χ3n) is 6.68. The van der Waals surface area contributed by atoms with Crippen LogP contribution in [0.5, 0.6) is 5.88 Å². The largest absolute Gasteiger partial charge is 1.00 e. The van der Waals surface area contributed by atoms with E-state index >= 15 is 0 Å². The van der Waals surface area contributed by atoms with Gasteiger partial charge in [-0.2, -0.15) is 4.37 Å². The third kappa shape index (κ3) is 14.2. The van der Waals surface area contributed by atoms with Crippen molar-refractivity contribution in [3.63, 3.8) is 0 Å². The molecule has 2 rings (SSSR count). The quantitative estimate of drug-likeness (QED) is 0.0898. The molecule has 2 heterocycles. The summed E-state index contributed by atoms with van der Waals surface area (Å²) >= 11 is 3.34. The van der Waals surface area contributed by atoms with Gasteiger partial charge in [-0.1, -0.05) is 87.7 Å². The minimum atomic E-state index is -0.182. The number of esters is 2. The predicted molar refractivity (Wildman–Crippen MR) is 171 cm³/mol. The minimum Gasteiger partial charge on any atom is -1.00 e. The van der Waals surface area contributed by atoms with E-state index in [2.05, 4.69) is 65.2 Å². The molecule has 0 bridgehead atoms. The van der Waals surface area contributed by atoms with E-state index < -0.39 is 0 Å². The molecular weight excluding hydrogens is 768 g/mol. The minimum absolute atomic E-state index is 0. The van der Waals surface area contributed by atoms with Crippen molar-refractivity contribution in [2.75, 3.05) is 26.7 Å². The fourth-order valence-electron chi connectivity index (χ4n) is 4.25. The molecule has 0 radical (unpaired) electrons. The molecule has 0 aliphatic carbocycles. The maximum Gasteiger partial charge on any atom is 0.312 e. The zero-order chi connectivity index (χ0) is 30.5. The van der Waals surface area contributed by atoms with Gasteiger partial charge < -0.3 is 38.2 Å². The highest BCUT2D eigenvalue weighted by Crippen LogP contribution is 2.33. The first-order chi connectivity index (χ1) is 18.7. The molecule has 0 amide bonds. The monoisotopic (exact) mass is 821 g/mol. The molecule has 0 saturated carbocycles. The van der Waals surface area contributed by atoms with Crippen molar-refractivity contribution in [2.24, 2.45) is 23.7 Å². The van der Waals surface area contributed by atoms with E-state index in [1.165, 1.54) is 31.0 Å². The van der Waals surface area contributed by atoms with Gasteiger partial charge in [0.15, 0.2) is 4.11 Å². The summed E-state index contributed by atoms with van der Waals surface area (Å²) in [5, 5.41) is 0. The number of hydrogen-bond donors (Lipinski definition) is 0. The van der Waals surface area contributed by atoms with E-state index in [4.69, 9.17) is 14.2 Å². The van der Waals surface area contributed by atoms with Gasteiger partial charge in [0.25, 0.3) is 5.88 Å². The molecule has 1 aliphatic heterocycles. The van der Waals surface area contributed by atoms with Crippen LogP contribution in [0.15, 0.2) is 6.08 Å². The molecule has 0 spiro atoms. The van der Waals surface area contributed by atoms with E-state index in [9.17, 15) is 9.59 Å². The van der Waals surface area contributed by atoms with E-state index in [1.807, 2.05) is 41.5 Å². The Morgan fingerprint density at radius 3 is 2.10 bits per heavy atom. The molecule has 1 aliphatic rings. The van der Waals surface area contributed by atoms with Gasteiger partial charge >= 0.3 is 11.9 Å². The molecule has 41 heavy (non-hydrogen) atoms. The van der Waals surface area contributed by atoms with Crippen LogP contribution in [0.4, 0.5) is 0 Å². The van der Waals surface area contributed by atoms with Crippen LogP contribution in [-0.4, -0.2) is 62.3 Å². The van der Waals surface area contributed by atoms with Gasteiger partial charge in [-0.25, -0.2) is 0 Å². The molecule has 1 aromatic rings. The maximum absolute atomic E-state index is 12.3. The van der Waals surface area contributed by atoms with Gasteiger partial charge in [0.05, 0.1) is 43.8 Å². The Hall–Kier alpha value is -0.540. The lowest BCUT2D eigenvalue weighted by Crippen LogP contribution is -3.00. The second kappa shape index (κ2) is 20.4. The van der Waals surface area contributed by atoms with Crippen LogP contribution in [0.3, 0.4) is 0 Å². The number of unbranched alkanes of at least 4 members (excludes halogenated alkanes) is 3. The summed E-state index contributed by atoms with van der Waals surface area (Å²) in [6.07, 6.45) is 7.64. The van der Waals surface area contributed by atoms with Crippen LogP contribution < -0.4 is 28.7 Å². The molecule has 238 valence electrons. The van der Waals surface area contributed by atoms with Gasteiger partial charge in [-0.05, 0) is 34.9 Å². The highest BCUT2D eigenvalue weighted by molar-refractivity contribution is 14.1. The normalized spacial score (nSPS) is 18.3. The van der Waals surface area contributed by atoms with E-state index in [1.54, 1.807) is 0 Å². The molecular formula is C30H53I2N3O5S. The van der Waals surface area contributed by atoms with Gasteiger partial charge in [0.2, 0.25) is 6.23 Å². The van der Waals surface area contributed by atoms with Crippen LogP contribution in [0, 0.1) is 23.7 Å². The van der Waals surface area contributed by atoms with Crippen molar-refractivity contribution in [1.82, 2.24) is 8.75 Å². The van der Waals surface area contributed by atoms with Crippen molar-refractivity contribution < 1.29 is 52.3 Å². The summed E-state index contributed by atoms with van der Waals surface area (Å²) in [6, 6.07) is 0. The fraction of sp³-hybridized carbons (Fsp3) is 0.800. The Morgan fingerprint density at radius 2 is 1.56 bits per heavy atom. The lowest BCUT2D eigenvalue weighted by molar-refractivity contribution is -0.950. The summed E-state index contributed by atoms with van der Waals surface area (Å²) < 4.78 is 26.6. The van der Waals surface area contributed by atoms with Crippen molar-refractivity contribution in [2.45, 2.75) is 105 Å². The van der Waals surface area contributed by atoms with Crippen molar-refractivity contribution in [1.29, 1.82) is 0 Å². The number of rotatable bonds is 14. The molecule has 0 N–H and O–H groups in total. The van der Waals surface area contributed by atoms with Gasteiger partial charge in [0.1, 0.15) is 12.2 Å². The van der Waals surface area contributed by atoms with Crippen molar-refractivity contribution in [3.05, 3.63) is 11.8 Å². The van der Waals surface area contributed by atoms with Gasteiger partial charge in [-0.3, -0.25) is 14.1 Å². The average molecular weight is 822 g/mol. The topological polar surface area (TPSA) is 87.6 Å². The summed E-state index contributed by atoms with van der Waals surface area (Å²) in [7, 11) is 2.18. The molecule has 0 aromatic carbocycles. The second-order valence-electron chi connectivity index (χ2n) is 12.1. The molecule has 8 nitrogen and oxygen atoms in total. The molecule has 0 saturated heterocycles. The highest BCUT2D eigenvalue weighted by Gasteiger charge is 2.41. The third-order valence-corrected chi connectivity index (χ3v) is 8.88. The van der Waals surface area contributed by atoms with Crippen LogP contribution in [0.25, 0.3) is 5.57 Å². The van der Waals surface area contributed by atoms with Crippen LogP contribution >= 0.6 is 34.3 Å². The van der Waals surface area contributed by atoms with Gasteiger partial charge in [-0.15, -0.1) is 4.37 Å². The van der Waals surface area contributed by atoms with Crippen LogP contribution in [0.2, 0.25) is 0 Å². The molecule has 3 unspecified atom stereocenters. The molecule has 3 atom stereocenters. The van der Waals surface area contributed by atoms with Crippen LogP contribution in [-0.2, 0) is 19.1 Å². The smallest absolute Gasteiger partial charge is 0.312 e. The molecule has 0 fully saturated rings. The average Bonchev–Trinajstić information content (AvgIpc) is 3.35. The number of ether oxygens (including phenoxy) is 3. The summed E-state index contributed by atoms with van der Waals surface area (Å²) in [5.41, 5.74) is 1.99. The summed E-state index contributed by atoms with van der Waals surface area (Å²) in [5.74, 6) is 0.863. The number of carbonyl (C=O) groups is 2. The van der Waals surface area contributed by atoms with Crippen molar-refractivity contribution in [3.8, 4) is 5.88 Å². The number of quaternary nitrogens is 1. The van der Waals surface area contributed by atoms with E-state index in [0.717, 1.165) is 37.2 Å². The SMILES string of the molecule is CC(C)C(=O)OC(I)C(C)C.CCCCCCOc1nsnc1C1=CCC[N+](C)(C(OC(=O)C(C)C)C(C)C)C1.[I-]. The Morgan fingerprint density at radius 1 is 0.951 bits per heavy atom. The maximum atomic E-state index is 12.3. The predicted octanol–water partition coefficient (Wildman–Crippen LogP) is 4.52. The lowest BCUT2D eigenvalue weighted by atomic mass is 10.0. The summed E-state index contributed by atoms with van der Waals surface area (Å²) in [6.45, 7) is 20.3. The summed E-state index contributed by atoms with van der Waals surface area (Å²) in [4.78, 5) is 23.3. The number of likely N-dealkylation sites (N-methyl/N-ethyl adjacent to an activating group) is 1. The Bertz CT molecular complexity index is 939. The zero-order valence-electron chi connectivity index (χ0n) is 26.7. The van der Waals surface area contributed by atoms with Crippen molar-refractivity contribution >= 4 is 51.8 Å². The fourth-order valence-corrected chi connectivity index (χ4v) is 5.03. The van der Waals surface area contributed by atoms with Crippen LogP contribution in [0.1, 0.15) is 100 Å². The number of nitrogens with zero attached hydrogens (tertiary/aromatic N) is 3. The zero-order valence-corrected chi connectivity index (χ0v) is 31.9. The van der Waals surface area contributed by atoms with Gasteiger partial charge in [0, 0.05) is 17.9 Å². The Kier molecular flexibility index (Phi) is 20.2. The standard InChI is InChI=1S/C22H38N3O3S.C8H15IO2.HI/c1-7-8-9-10-14-27-20-19(23-29-24-20)18-12-11-13-25(6,15-18)21(16(2)3)28-22(26)17(4)5;1-5(2)7(9)11-8(10)6(3)4;/h12,16-17,21H,7-11,13-15H2,1-6H3;5-7H,1-4H3;1H/q+1;;/p-1. The van der Waals surface area contributed by atoms with E-state index in [0.29, 0.717) is 22.9 Å². The lowest BCUT2D eigenvalue weighted by Gasteiger charge is -2.44. The number of carbonyl (C=O) groups excluding carboxylic acids is 2. The second-order valence-corrected chi connectivity index (χ2v) is 13.9. The highest BCUT2D eigenvalue weighted by atomic mass is 127. The number of hydrogen-bond acceptors (Lipinski definition) is 8. The first-order valence-corrected chi connectivity index (χ1v) is 16.7. The molecule has 11 heteroatoms. The van der Waals surface area contributed by atoms with E-state index in [-0.39, 0.29) is 64.0 Å². The number of alkyl halides is 1. The first-order valence-electron chi connectivity index (χ1n) is 14.8.